The normalized spacial score (nSPS) is 15.4. The van der Waals surface area contributed by atoms with Crippen LogP contribution < -0.4 is 16.0 Å². The van der Waals surface area contributed by atoms with E-state index in [1.165, 1.54) is 0 Å². The van der Waals surface area contributed by atoms with E-state index >= 15 is 0 Å². The largest absolute Gasteiger partial charge is 0.368 e. The molecule has 1 aromatic heterocycles. The van der Waals surface area contributed by atoms with E-state index < -0.39 is 0 Å². The number of carbonyl (C=O) groups excluding carboxylic acids is 1. The molecule has 0 atom stereocenters. The number of amides is 1. The topological polar surface area (TPSA) is 99.9 Å². The summed E-state index contributed by atoms with van der Waals surface area (Å²) in [4.78, 5) is 18.8. The van der Waals surface area contributed by atoms with E-state index in [1.807, 2.05) is 42.5 Å². The summed E-state index contributed by atoms with van der Waals surface area (Å²) in [5, 5.41) is 12.1. The highest BCUT2D eigenvalue weighted by atomic mass is 16.1. The monoisotopic (exact) mass is 336 g/mol. The lowest BCUT2D eigenvalue weighted by Crippen LogP contribution is -2.45. The average molecular weight is 336 g/mol. The first-order chi connectivity index (χ1) is 12.2. The Bertz CT molecular complexity index is 897. The number of carbonyl (C=O) groups is 1. The first-order valence-corrected chi connectivity index (χ1v) is 8.41. The van der Waals surface area contributed by atoms with Crippen molar-refractivity contribution in [1.29, 1.82) is 0 Å². The van der Waals surface area contributed by atoms with Gasteiger partial charge in [0.15, 0.2) is 0 Å². The van der Waals surface area contributed by atoms with Gasteiger partial charge in [-0.2, -0.15) is 4.98 Å². The van der Waals surface area contributed by atoms with E-state index in [4.69, 9.17) is 5.73 Å². The highest BCUT2D eigenvalue weighted by Crippen LogP contribution is 2.18. The number of anilines is 2. The minimum atomic E-state index is -0.0219. The Morgan fingerprint density at radius 1 is 1.16 bits per heavy atom. The number of hydrogen-bond donors (Lipinski definition) is 3. The molecule has 0 saturated carbocycles. The molecule has 1 aliphatic rings. The first-order valence-electron chi connectivity index (χ1n) is 8.41. The quantitative estimate of drug-likeness (QED) is 0.679. The van der Waals surface area contributed by atoms with Crippen LogP contribution in [0.1, 0.15) is 23.2 Å². The molecule has 7 nitrogen and oxygen atoms in total. The lowest BCUT2D eigenvalue weighted by molar-refractivity contribution is 0.0931. The summed E-state index contributed by atoms with van der Waals surface area (Å²) < 4.78 is 0. The first kappa shape index (κ1) is 15.4. The number of rotatable bonds is 3. The molecule has 2 aromatic carbocycles. The molecule has 4 N–H and O–H groups in total. The number of fused-ring (bicyclic) bond motifs is 1. The van der Waals surface area contributed by atoms with Gasteiger partial charge in [-0.25, -0.2) is 5.10 Å². The summed E-state index contributed by atoms with van der Waals surface area (Å²) in [6, 6.07) is 14.0. The molecule has 0 unspecified atom stereocenters. The van der Waals surface area contributed by atoms with Crippen molar-refractivity contribution in [2.75, 3.05) is 23.7 Å². The van der Waals surface area contributed by atoms with Gasteiger partial charge in [-0.05, 0) is 35.7 Å². The maximum absolute atomic E-state index is 12.5. The molecule has 0 spiro atoms. The number of nitrogens with one attached hydrogen (secondary N) is 2. The van der Waals surface area contributed by atoms with Crippen molar-refractivity contribution in [2.45, 2.75) is 18.9 Å². The lowest BCUT2D eigenvalue weighted by atomic mass is 10.0. The summed E-state index contributed by atoms with van der Waals surface area (Å²) in [6.45, 7) is 1.58. The van der Waals surface area contributed by atoms with Crippen LogP contribution in [0.25, 0.3) is 10.8 Å². The third-order valence-corrected chi connectivity index (χ3v) is 4.62. The van der Waals surface area contributed by atoms with Crippen molar-refractivity contribution in [2.24, 2.45) is 0 Å². The highest BCUT2D eigenvalue weighted by Gasteiger charge is 2.23. The minimum Gasteiger partial charge on any atom is -0.368 e. The predicted molar refractivity (Wildman–Crippen MR) is 97.4 cm³/mol. The van der Waals surface area contributed by atoms with Crippen LogP contribution in [0.5, 0.6) is 0 Å². The molecule has 1 aliphatic heterocycles. The molecule has 2 heterocycles. The lowest BCUT2D eigenvalue weighted by Gasteiger charge is -2.31. The molecule has 1 fully saturated rings. The smallest absolute Gasteiger partial charge is 0.251 e. The van der Waals surface area contributed by atoms with Gasteiger partial charge in [-0.1, -0.05) is 30.3 Å². The summed E-state index contributed by atoms with van der Waals surface area (Å²) in [5.41, 5.74) is 6.27. The Balaban J connectivity index is 1.38. The van der Waals surface area contributed by atoms with Gasteiger partial charge >= 0.3 is 0 Å². The number of H-pyrrole nitrogens is 1. The molecule has 0 radical (unpaired) electrons. The van der Waals surface area contributed by atoms with Crippen LogP contribution in [0.4, 0.5) is 11.9 Å². The number of nitrogens with two attached hydrogens (primary N) is 1. The van der Waals surface area contributed by atoms with Gasteiger partial charge in [-0.15, -0.1) is 5.10 Å². The number of piperidine rings is 1. The molecule has 25 heavy (non-hydrogen) atoms. The Hall–Kier alpha value is -3.09. The average Bonchev–Trinajstić information content (AvgIpc) is 3.08. The fourth-order valence-corrected chi connectivity index (χ4v) is 3.23. The van der Waals surface area contributed by atoms with E-state index in [0.29, 0.717) is 17.5 Å². The molecule has 1 saturated heterocycles. The second-order valence-corrected chi connectivity index (χ2v) is 6.32. The number of aromatic amines is 1. The third-order valence-electron chi connectivity index (χ3n) is 4.62. The number of nitrogen functional groups attached to an aromatic ring is 1. The van der Waals surface area contributed by atoms with Crippen molar-refractivity contribution >= 4 is 28.6 Å². The second-order valence-electron chi connectivity index (χ2n) is 6.32. The fourth-order valence-electron chi connectivity index (χ4n) is 3.23. The van der Waals surface area contributed by atoms with E-state index in [0.717, 1.165) is 36.7 Å². The van der Waals surface area contributed by atoms with Gasteiger partial charge in [0.25, 0.3) is 5.91 Å². The molecular weight excluding hydrogens is 316 g/mol. The van der Waals surface area contributed by atoms with Gasteiger partial charge in [0, 0.05) is 24.7 Å². The van der Waals surface area contributed by atoms with Crippen LogP contribution in [0.3, 0.4) is 0 Å². The van der Waals surface area contributed by atoms with Crippen molar-refractivity contribution in [3.05, 3.63) is 48.0 Å². The number of hydrogen-bond acceptors (Lipinski definition) is 5. The Labute approximate surface area is 145 Å². The zero-order valence-corrected chi connectivity index (χ0v) is 13.8. The standard InChI is InChI=1S/C18H20N6O/c19-17-21-18(23-22-17)24-9-7-15(8-10-24)20-16(25)14-6-5-12-3-1-2-4-13(12)11-14/h1-6,11,15H,7-10H2,(H,20,25)(H3,19,21,22,23). The number of nitrogens with zero attached hydrogens (tertiary/aromatic N) is 3. The van der Waals surface area contributed by atoms with Gasteiger partial charge in [0.2, 0.25) is 11.9 Å². The summed E-state index contributed by atoms with van der Waals surface area (Å²) in [6.07, 6.45) is 1.71. The minimum absolute atomic E-state index is 0.0219. The molecule has 128 valence electrons. The molecule has 7 heteroatoms. The van der Waals surface area contributed by atoms with Gasteiger partial charge < -0.3 is 16.0 Å². The molecule has 4 rings (SSSR count). The maximum atomic E-state index is 12.5. The van der Waals surface area contributed by atoms with Crippen LogP contribution >= 0.6 is 0 Å². The van der Waals surface area contributed by atoms with Gasteiger partial charge in [-0.3, -0.25) is 4.79 Å². The van der Waals surface area contributed by atoms with Crippen LogP contribution in [-0.4, -0.2) is 40.2 Å². The summed E-state index contributed by atoms with van der Waals surface area (Å²) in [5.74, 6) is 0.921. The molecule has 0 bridgehead atoms. The summed E-state index contributed by atoms with van der Waals surface area (Å²) >= 11 is 0. The van der Waals surface area contributed by atoms with E-state index in [9.17, 15) is 4.79 Å². The Kier molecular flexibility index (Phi) is 3.97. The third kappa shape index (κ3) is 3.26. The van der Waals surface area contributed by atoms with Crippen molar-refractivity contribution in [1.82, 2.24) is 20.5 Å². The number of aromatic nitrogens is 3. The van der Waals surface area contributed by atoms with Gasteiger partial charge in [0.05, 0.1) is 0 Å². The van der Waals surface area contributed by atoms with Gasteiger partial charge in [0.1, 0.15) is 0 Å². The Morgan fingerprint density at radius 3 is 2.64 bits per heavy atom. The van der Waals surface area contributed by atoms with Crippen LogP contribution in [0, 0.1) is 0 Å². The van der Waals surface area contributed by atoms with E-state index in [-0.39, 0.29) is 11.9 Å². The van der Waals surface area contributed by atoms with E-state index in [2.05, 4.69) is 25.4 Å². The highest BCUT2D eigenvalue weighted by molar-refractivity contribution is 5.98. The van der Waals surface area contributed by atoms with Crippen molar-refractivity contribution in [3.63, 3.8) is 0 Å². The van der Waals surface area contributed by atoms with Crippen LogP contribution in [0.15, 0.2) is 42.5 Å². The maximum Gasteiger partial charge on any atom is 0.251 e. The predicted octanol–water partition coefficient (Wildman–Crippen LogP) is 1.94. The zero-order chi connectivity index (χ0) is 17.2. The second kappa shape index (κ2) is 6.43. The zero-order valence-electron chi connectivity index (χ0n) is 13.8. The Morgan fingerprint density at radius 2 is 1.92 bits per heavy atom. The molecular formula is C18H20N6O. The van der Waals surface area contributed by atoms with Crippen LogP contribution in [0.2, 0.25) is 0 Å². The van der Waals surface area contributed by atoms with Crippen molar-refractivity contribution < 1.29 is 4.79 Å². The van der Waals surface area contributed by atoms with Crippen LogP contribution in [-0.2, 0) is 0 Å². The molecule has 1 amide bonds. The SMILES string of the molecule is Nc1nc(N2CCC(NC(=O)c3ccc4ccccc4c3)CC2)n[nH]1. The molecule has 0 aliphatic carbocycles. The number of benzene rings is 2. The van der Waals surface area contributed by atoms with E-state index in [1.54, 1.807) is 0 Å². The molecule has 3 aromatic rings. The fraction of sp³-hybridized carbons (Fsp3) is 0.278. The van der Waals surface area contributed by atoms with Crippen molar-refractivity contribution in [3.8, 4) is 0 Å². The summed E-state index contributed by atoms with van der Waals surface area (Å²) in [7, 11) is 0.